The summed E-state index contributed by atoms with van der Waals surface area (Å²) >= 11 is 0. The number of carbonyl (C=O) groups excluding carboxylic acids is 2. The molecule has 6 nitrogen and oxygen atoms in total. The number of carbonyl (C=O) groups is 2. The molecule has 194 valence electrons. The molecule has 1 N–H and O–H groups in total. The molecule has 6 heteroatoms. The number of aryl methyl sites for hydroxylation is 1. The Labute approximate surface area is 214 Å². The lowest BCUT2D eigenvalue weighted by Gasteiger charge is -2.19. The maximum Gasteiger partial charge on any atom is 0.336 e. The summed E-state index contributed by atoms with van der Waals surface area (Å²) in [7, 11) is 0. The van der Waals surface area contributed by atoms with E-state index in [2.05, 4.69) is 44.3 Å². The number of ether oxygens (including phenoxy) is 3. The van der Waals surface area contributed by atoms with E-state index in [0.29, 0.717) is 5.75 Å². The van der Waals surface area contributed by atoms with Crippen LogP contribution in [0.3, 0.4) is 0 Å². The molecule has 0 heterocycles. The number of hydrogen-bond acceptors (Lipinski definition) is 6. The highest BCUT2D eigenvalue weighted by Gasteiger charge is 2.19. The quantitative estimate of drug-likeness (QED) is 0.195. The summed E-state index contributed by atoms with van der Waals surface area (Å²) in [6, 6.07) is 16.4. The van der Waals surface area contributed by atoms with Crippen molar-refractivity contribution in [2.24, 2.45) is 5.92 Å². The van der Waals surface area contributed by atoms with E-state index >= 15 is 0 Å². The van der Waals surface area contributed by atoms with Crippen LogP contribution in [-0.2, 0) is 25.5 Å². The molecular formula is C30H38O6. The van der Waals surface area contributed by atoms with Gasteiger partial charge in [-0.2, -0.15) is 0 Å². The van der Waals surface area contributed by atoms with Gasteiger partial charge in [0.1, 0.15) is 19.0 Å². The molecule has 36 heavy (non-hydrogen) atoms. The number of aliphatic hydroxyl groups is 1. The normalized spacial score (nSPS) is 12.3. The molecule has 0 spiro atoms. The Kier molecular flexibility index (Phi) is 11.9. The number of unbranched alkanes of at least 4 members (excludes halogenated alkanes) is 2. The van der Waals surface area contributed by atoms with E-state index in [0.717, 1.165) is 17.5 Å². The molecule has 2 rings (SSSR count). The van der Waals surface area contributed by atoms with Crippen molar-refractivity contribution in [3.63, 3.8) is 0 Å². The molecule has 2 atom stereocenters. The van der Waals surface area contributed by atoms with Crippen molar-refractivity contribution in [3.05, 3.63) is 78.4 Å². The van der Waals surface area contributed by atoms with Gasteiger partial charge in [0.2, 0.25) is 0 Å². The summed E-state index contributed by atoms with van der Waals surface area (Å²) < 4.78 is 16.4. The lowest BCUT2D eigenvalue weighted by Crippen LogP contribution is -2.27. The molecule has 0 saturated carbocycles. The fourth-order valence-corrected chi connectivity index (χ4v) is 3.32. The molecule has 2 aromatic rings. The Morgan fingerprint density at radius 2 is 1.42 bits per heavy atom. The minimum atomic E-state index is -1.01. The van der Waals surface area contributed by atoms with Crippen LogP contribution in [-0.4, -0.2) is 43.0 Å². The molecular weight excluding hydrogens is 456 g/mol. The van der Waals surface area contributed by atoms with Gasteiger partial charge in [-0.15, -0.1) is 0 Å². The van der Waals surface area contributed by atoms with Gasteiger partial charge in [-0.3, -0.25) is 0 Å². The largest absolute Gasteiger partial charge is 0.493 e. The maximum atomic E-state index is 12.0. The summed E-state index contributed by atoms with van der Waals surface area (Å²) in [4.78, 5) is 23.8. The number of esters is 2. The molecule has 0 aromatic heterocycles. The molecule has 0 saturated heterocycles. The first kappa shape index (κ1) is 28.9. The van der Waals surface area contributed by atoms with E-state index in [1.54, 1.807) is 6.92 Å². The van der Waals surface area contributed by atoms with Crippen LogP contribution < -0.4 is 4.74 Å². The van der Waals surface area contributed by atoms with Gasteiger partial charge >= 0.3 is 11.9 Å². The van der Waals surface area contributed by atoms with Crippen molar-refractivity contribution >= 4 is 11.9 Å². The van der Waals surface area contributed by atoms with Crippen molar-refractivity contribution < 1.29 is 28.9 Å². The molecule has 0 radical (unpaired) electrons. The van der Waals surface area contributed by atoms with Gasteiger partial charge in [-0.05, 0) is 55.5 Å². The maximum absolute atomic E-state index is 12.0. The molecule has 0 fully saturated rings. The minimum absolute atomic E-state index is 0.0111. The number of benzene rings is 2. The predicted molar refractivity (Wildman–Crippen MR) is 142 cm³/mol. The summed E-state index contributed by atoms with van der Waals surface area (Å²) in [6.45, 7) is 12.4. The lowest BCUT2D eigenvalue weighted by molar-refractivity contribution is -0.145. The van der Waals surface area contributed by atoms with E-state index in [1.807, 2.05) is 24.3 Å². The monoisotopic (exact) mass is 494 g/mol. The second-order valence-corrected chi connectivity index (χ2v) is 9.03. The topological polar surface area (TPSA) is 82.1 Å². The van der Waals surface area contributed by atoms with E-state index in [1.165, 1.54) is 31.7 Å². The second kappa shape index (κ2) is 14.9. The first-order valence-corrected chi connectivity index (χ1v) is 12.4. The molecule has 0 aliphatic heterocycles. The van der Waals surface area contributed by atoms with E-state index in [4.69, 9.17) is 14.2 Å². The fourth-order valence-electron chi connectivity index (χ4n) is 3.32. The molecule has 2 unspecified atom stereocenters. The van der Waals surface area contributed by atoms with Crippen molar-refractivity contribution in [3.8, 4) is 16.9 Å². The van der Waals surface area contributed by atoms with Crippen molar-refractivity contribution in [1.82, 2.24) is 0 Å². The minimum Gasteiger partial charge on any atom is -0.493 e. The van der Waals surface area contributed by atoms with Crippen LogP contribution in [0.4, 0.5) is 0 Å². The van der Waals surface area contributed by atoms with Crippen LogP contribution in [0.5, 0.6) is 5.75 Å². The number of hydrogen-bond donors (Lipinski definition) is 1. The number of rotatable bonds is 15. The molecule has 0 amide bonds. The highest BCUT2D eigenvalue weighted by Crippen LogP contribution is 2.24. The smallest absolute Gasteiger partial charge is 0.336 e. The van der Waals surface area contributed by atoms with Gasteiger partial charge in [-0.25, -0.2) is 9.59 Å². The fraction of sp³-hybridized carbons (Fsp3) is 0.400. The third-order valence-corrected chi connectivity index (χ3v) is 5.71. The van der Waals surface area contributed by atoms with Crippen LogP contribution in [0.25, 0.3) is 11.1 Å². The zero-order chi connectivity index (χ0) is 26.5. The third kappa shape index (κ3) is 9.70. The van der Waals surface area contributed by atoms with Crippen LogP contribution in [0.15, 0.2) is 72.8 Å². The Hall–Kier alpha value is -3.38. The SMILES string of the molecule is C=C(C)C(=O)OCC(COC(=O)C(=C)C(C)O)COc1ccc(-c2ccc(CCCCC)cc2)cc1. The van der Waals surface area contributed by atoms with Crippen molar-refractivity contribution in [2.45, 2.75) is 52.6 Å². The molecule has 2 aromatic carbocycles. The van der Waals surface area contributed by atoms with E-state index in [9.17, 15) is 14.7 Å². The summed E-state index contributed by atoms with van der Waals surface area (Å²) in [5.41, 5.74) is 3.80. The zero-order valence-electron chi connectivity index (χ0n) is 21.6. The lowest BCUT2D eigenvalue weighted by atomic mass is 10.0. The standard InChI is InChI=1S/C30H38O6/c1-6-7-8-9-24-10-12-26(13-11-24)27-14-16-28(17-15-27)34-18-25(19-35-29(32)21(2)3)20-36-30(33)22(4)23(5)31/h10-17,23,25,31H,2,4,6-9,18-20H2,1,3,5H3. The summed E-state index contributed by atoms with van der Waals surface area (Å²) in [6.07, 6.45) is 3.77. The number of aliphatic hydroxyl groups excluding tert-OH is 1. The first-order chi connectivity index (χ1) is 17.2. The third-order valence-electron chi connectivity index (χ3n) is 5.71. The van der Waals surface area contributed by atoms with E-state index in [-0.39, 0.29) is 31.0 Å². The Morgan fingerprint density at radius 1 is 0.861 bits per heavy atom. The molecule has 0 bridgehead atoms. The van der Waals surface area contributed by atoms with Gasteiger partial charge in [-0.1, -0.05) is 69.3 Å². The Balaban J connectivity index is 1.96. The predicted octanol–water partition coefficient (Wildman–Crippen LogP) is 5.68. The van der Waals surface area contributed by atoms with Crippen LogP contribution >= 0.6 is 0 Å². The van der Waals surface area contributed by atoms with Gasteiger partial charge in [0.05, 0.1) is 24.2 Å². The zero-order valence-corrected chi connectivity index (χ0v) is 21.6. The molecule has 0 aliphatic rings. The van der Waals surface area contributed by atoms with Crippen molar-refractivity contribution in [1.29, 1.82) is 0 Å². The second-order valence-electron chi connectivity index (χ2n) is 9.03. The summed E-state index contributed by atoms with van der Waals surface area (Å²) in [5, 5.41) is 9.50. The average Bonchev–Trinajstić information content (AvgIpc) is 2.88. The van der Waals surface area contributed by atoms with Gasteiger partial charge in [0, 0.05) is 5.57 Å². The first-order valence-electron chi connectivity index (χ1n) is 12.4. The van der Waals surface area contributed by atoms with Gasteiger partial charge in [0.15, 0.2) is 0 Å². The average molecular weight is 495 g/mol. The van der Waals surface area contributed by atoms with Gasteiger partial charge in [0.25, 0.3) is 0 Å². The Morgan fingerprint density at radius 3 is 1.94 bits per heavy atom. The summed E-state index contributed by atoms with van der Waals surface area (Å²) in [5.74, 6) is -1.01. The molecule has 0 aliphatic carbocycles. The van der Waals surface area contributed by atoms with Crippen molar-refractivity contribution in [2.75, 3.05) is 19.8 Å². The van der Waals surface area contributed by atoms with Crippen LogP contribution in [0.1, 0.15) is 45.6 Å². The Bertz CT molecular complexity index is 1000. The highest BCUT2D eigenvalue weighted by atomic mass is 16.6. The highest BCUT2D eigenvalue weighted by molar-refractivity contribution is 5.88. The van der Waals surface area contributed by atoms with Crippen LogP contribution in [0, 0.1) is 5.92 Å². The van der Waals surface area contributed by atoms with E-state index < -0.39 is 24.0 Å². The van der Waals surface area contributed by atoms with Gasteiger partial charge < -0.3 is 19.3 Å². The van der Waals surface area contributed by atoms with Crippen LogP contribution in [0.2, 0.25) is 0 Å².